The van der Waals surface area contributed by atoms with Crippen molar-refractivity contribution in [2.75, 3.05) is 0 Å². The van der Waals surface area contributed by atoms with Crippen molar-refractivity contribution in [3.8, 4) is 11.1 Å². The largest absolute Gasteiger partial charge is 0.299 e. The van der Waals surface area contributed by atoms with Crippen molar-refractivity contribution >= 4 is 44.1 Å². The van der Waals surface area contributed by atoms with Crippen LogP contribution in [0.5, 0.6) is 0 Å². The van der Waals surface area contributed by atoms with Gasteiger partial charge in [-0.1, -0.05) is 90.5 Å². The molecule has 7 rings (SSSR count). The maximum atomic E-state index is 8.07. The number of nitrogens with one attached hydrogen (secondary N) is 2. The highest BCUT2D eigenvalue weighted by Crippen LogP contribution is 2.51. The molecule has 0 spiro atoms. The Bertz CT molecular complexity index is 1650. The van der Waals surface area contributed by atoms with Crippen molar-refractivity contribution in [3.05, 3.63) is 120 Å². The van der Waals surface area contributed by atoms with E-state index < -0.39 is 0 Å². The molecule has 1 unspecified atom stereocenters. The van der Waals surface area contributed by atoms with Gasteiger partial charge in [0.25, 0.3) is 0 Å². The first kappa shape index (κ1) is 19.2. The predicted octanol–water partition coefficient (Wildman–Crippen LogP) is 8.00. The third-order valence-electron chi connectivity index (χ3n) is 7.22. The van der Waals surface area contributed by atoms with Crippen molar-refractivity contribution in [3.63, 3.8) is 0 Å². The summed E-state index contributed by atoms with van der Waals surface area (Å²) >= 11 is 0. The summed E-state index contributed by atoms with van der Waals surface area (Å²) in [4.78, 5) is 0. The molecule has 0 heterocycles. The van der Waals surface area contributed by atoms with Gasteiger partial charge in [-0.3, -0.25) is 10.8 Å². The maximum absolute atomic E-state index is 8.07. The number of benzene rings is 4. The van der Waals surface area contributed by atoms with E-state index in [1.54, 1.807) is 17.7 Å². The van der Waals surface area contributed by atoms with Gasteiger partial charge in [-0.2, -0.15) is 0 Å². The van der Waals surface area contributed by atoms with Crippen LogP contribution in [0, 0.1) is 16.7 Å². The molecule has 1 fully saturated rings. The van der Waals surface area contributed by atoms with Crippen LogP contribution in [0.3, 0.4) is 0 Å². The van der Waals surface area contributed by atoms with Gasteiger partial charge in [-0.25, -0.2) is 0 Å². The van der Waals surface area contributed by atoms with Crippen LogP contribution in [0.1, 0.15) is 17.5 Å². The van der Waals surface area contributed by atoms with E-state index in [0.717, 1.165) is 11.1 Å². The number of hydrogen-bond acceptors (Lipinski definition) is 2. The highest BCUT2D eigenvalue weighted by atomic mass is 14.5. The summed E-state index contributed by atoms with van der Waals surface area (Å²) < 4.78 is 0. The van der Waals surface area contributed by atoms with Crippen LogP contribution >= 0.6 is 0 Å². The van der Waals surface area contributed by atoms with Crippen molar-refractivity contribution in [2.24, 2.45) is 5.92 Å². The molecule has 4 aromatic rings. The highest BCUT2D eigenvalue weighted by Gasteiger charge is 2.33. The number of allylic oxidation sites excluding steroid dienone is 8. The highest BCUT2D eigenvalue weighted by molar-refractivity contribution is 6.50. The third kappa shape index (κ3) is 2.89. The van der Waals surface area contributed by atoms with Gasteiger partial charge in [0, 0.05) is 5.92 Å². The number of rotatable bonds is 3. The first-order valence-electron chi connectivity index (χ1n) is 11.7. The lowest BCUT2D eigenvalue weighted by atomic mass is 9.85. The summed E-state index contributed by atoms with van der Waals surface area (Å²) in [6, 6.07) is 26.1. The fourth-order valence-corrected chi connectivity index (χ4v) is 5.48. The van der Waals surface area contributed by atoms with Gasteiger partial charge in [0.2, 0.25) is 0 Å². The fraction of sp³-hybridized carbons (Fsp3) is 0.0625. The van der Waals surface area contributed by atoms with E-state index >= 15 is 0 Å². The van der Waals surface area contributed by atoms with Gasteiger partial charge in [0.1, 0.15) is 0 Å². The molecule has 0 saturated heterocycles. The van der Waals surface area contributed by atoms with Crippen LogP contribution in [0.4, 0.5) is 0 Å². The second kappa shape index (κ2) is 7.10. The molecular weight excluding hydrogens is 412 g/mol. The van der Waals surface area contributed by atoms with Gasteiger partial charge in [-0.05, 0) is 79.6 Å². The lowest BCUT2D eigenvalue weighted by Crippen LogP contribution is -2.09. The number of hydrogen-bond donors (Lipinski definition) is 2. The molecule has 160 valence electrons. The summed E-state index contributed by atoms with van der Waals surface area (Å²) in [5.41, 5.74) is 9.21. The Labute approximate surface area is 198 Å². The molecule has 0 aliphatic heterocycles. The summed E-state index contributed by atoms with van der Waals surface area (Å²) in [5.74, 6) is 0.654. The van der Waals surface area contributed by atoms with Gasteiger partial charge in [0.05, 0.1) is 11.4 Å². The molecule has 0 aromatic heterocycles. The molecular formula is C32H22N2. The van der Waals surface area contributed by atoms with Gasteiger partial charge >= 0.3 is 0 Å². The minimum Gasteiger partial charge on any atom is -0.299 e. The lowest BCUT2D eigenvalue weighted by molar-refractivity contribution is 1.18. The lowest BCUT2D eigenvalue weighted by Gasteiger charge is -2.18. The Morgan fingerprint density at radius 1 is 0.588 bits per heavy atom. The molecule has 2 N–H and O–H groups in total. The molecule has 2 nitrogen and oxygen atoms in total. The Kier molecular flexibility index (Phi) is 4.01. The van der Waals surface area contributed by atoms with Crippen molar-refractivity contribution < 1.29 is 0 Å². The first-order chi connectivity index (χ1) is 16.7. The zero-order valence-electron chi connectivity index (χ0n) is 18.6. The van der Waals surface area contributed by atoms with Gasteiger partial charge in [0.15, 0.2) is 0 Å². The SMILES string of the molecule is N=C1C=CC(c2cccc(-c3c4ccccc4c(C4=CC5CC5=C4)c4ccccc34)c2)=CC1=N. The van der Waals surface area contributed by atoms with Crippen LogP contribution in [0.25, 0.3) is 43.8 Å². The first-order valence-corrected chi connectivity index (χ1v) is 11.7. The molecule has 1 saturated carbocycles. The minimum atomic E-state index is 0.250. The summed E-state index contributed by atoms with van der Waals surface area (Å²) in [7, 11) is 0. The van der Waals surface area contributed by atoms with Crippen LogP contribution in [0.2, 0.25) is 0 Å². The topological polar surface area (TPSA) is 47.7 Å². The summed E-state index contributed by atoms with van der Waals surface area (Å²) in [5, 5.41) is 21.0. The molecule has 0 amide bonds. The standard InChI is InChI=1S/C32H22N2/c33-29-13-12-20(18-30(29)34)19-6-5-7-21(14-19)31-25-8-1-3-10-27(25)32(24-16-22-15-23(22)17-24)28-11-4-2-9-26(28)31/h1-14,16-18,22,33-34H,15H2. The molecule has 1 atom stereocenters. The molecule has 0 radical (unpaired) electrons. The minimum absolute atomic E-state index is 0.250. The molecule has 4 aromatic carbocycles. The van der Waals surface area contributed by atoms with Crippen LogP contribution in [0.15, 0.2) is 109 Å². The van der Waals surface area contributed by atoms with E-state index in [1.807, 2.05) is 6.08 Å². The molecule has 0 bridgehead atoms. The zero-order valence-corrected chi connectivity index (χ0v) is 18.6. The van der Waals surface area contributed by atoms with Crippen molar-refractivity contribution in [1.29, 1.82) is 10.8 Å². The van der Waals surface area contributed by atoms with Crippen molar-refractivity contribution in [1.82, 2.24) is 0 Å². The van der Waals surface area contributed by atoms with E-state index in [2.05, 4.69) is 84.9 Å². The smallest absolute Gasteiger partial charge is 0.0795 e. The quantitative estimate of drug-likeness (QED) is 0.242. The summed E-state index contributed by atoms with van der Waals surface area (Å²) in [6.07, 6.45) is 11.5. The monoisotopic (exact) mass is 434 g/mol. The average Bonchev–Trinajstić information content (AvgIpc) is 3.48. The Morgan fingerprint density at radius 2 is 1.24 bits per heavy atom. The summed E-state index contributed by atoms with van der Waals surface area (Å²) in [6.45, 7) is 0. The molecule has 3 aliphatic carbocycles. The zero-order chi connectivity index (χ0) is 22.8. The van der Waals surface area contributed by atoms with Gasteiger partial charge in [-0.15, -0.1) is 0 Å². The Morgan fingerprint density at radius 3 is 1.85 bits per heavy atom. The van der Waals surface area contributed by atoms with Crippen LogP contribution in [-0.4, -0.2) is 11.4 Å². The average molecular weight is 435 g/mol. The Balaban J connectivity index is 1.50. The van der Waals surface area contributed by atoms with E-state index in [-0.39, 0.29) is 11.4 Å². The number of fused-ring (bicyclic) bond motifs is 3. The normalized spacial score (nSPS) is 18.7. The predicted molar refractivity (Wildman–Crippen MR) is 144 cm³/mol. The van der Waals surface area contributed by atoms with E-state index in [4.69, 9.17) is 10.8 Å². The second-order valence-corrected chi connectivity index (χ2v) is 9.33. The van der Waals surface area contributed by atoms with E-state index in [0.29, 0.717) is 5.92 Å². The molecule has 34 heavy (non-hydrogen) atoms. The third-order valence-corrected chi connectivity index (χ3v) is 7.22. The second-order valence-electron chi connectivity index (χ2n) is 9.33. The Hall–Kier alpha value is -4.30. The van der Waals surface area contributed by atoms with E-state index in [9.17, 15) is 0 Å². The van der Waals surface area contributed by atoms with Crippen LogP contribution in [-0.2, 0) is 0 Å². The molecule has 2 heteroatoms. The van der Waals surface area contributed by atoms with Crippen LogP contribution < -0.4 is 0 Å². The maximum Gasteiger partial charge on any atom is 0.0795 e. The van der Waals surface area contributed by atoms with E-state index in [1.165, 1.54) is 50.2 Å². The fourth-order valence-electron chi connectivity index (χ4n) is 5.48. The molecule has 3 aliphatic rings. The van der Waals surface area contributed by atoms with Gasteiger partial charge < -0.3 is 0 Å². The van der Waals surface area contributed by atoms with Crippen molar-refractivity contribution in [2.45, 2.75) is 6.42 Å².